The first-order chi connectivity index (χ1) is 30.4. The lowest BCUT2D eigenvalue weighted by Crippen LogP contribution is -2.55. The van der Waals surface area contributed by atoms with Gasteiger partial charge in [-0.25, -0.2) is 32.1 Å². The molecule has 2 bridgehead atoms. The molecule has 9 rings (SSSR count). The van der Waals surface area contributed by atoms with Gasteiger partial charge in [0, 0.05) is 24.9 Å². The number of alkyl halides is 4. The Kier molecular flexibility index (Phi) is 12.3. The van der Waals surface area contributed by atoms with Crippen LogP contribution in [0, 0.1) is 11.8 Å². The lowest BCUT2D eigenvalue weighted by molar-refractivity contribution is -0.137. The second kappa shape index (κ2) is 17.5. The first-order valence-electron chi connectivity index (χ1n) is 22.1. The zero-order valence-electron chi connectivity index (χ0n) is 36.9. The van der Waals surface area contributed by atoms with Crippen LogP contribution >= 0.6 is 0 Å². The van der Waals surface area contributed by atoms with E-state index >= 15 is 8.78 Å². The normalized spacial score (nSPS) is 25.2. The number of ether oxygens (including phenoxy) is 2. The molecule has 1 saturated carbocycles. The third-order valence-electron chi connectivity index (χ3n) is 13.6. The van der Waals surface area contributed by atoms with Gasteiger partial charge in [-0.1, -0.05) is 64.1 Å². The Labute approximate surface area is 369 Å². The number of fused-ring (bicyclic) bond motifs is 2. The predicted molar refractivity (Wildman–Crippen MR) is 229 cm³/mol. The SMILES string of the molecule is COC(=O)NC(C(=O)N1CC(F)(F)CC1c1ncc(-c2ccc(-c3ccc(C4=NC(C5CC(F)(F)CN5C(=O)C(NC(=O)OC)C(C)C)NC4)c4c3C3CCC4CC3)cc2)[nH]1)C(C)C. The van der Waals surface area contributed by atoms with E-state index in [-0.39, 0.29) is 11.7 Å². The van der Waals surface area contributed by atoms with E-state index in [2.05, 4.69) is 42.8 Å². The number of carbonyl (C=O) groups excluding carboxylic acids is 4. The number of amides is 4. The maximum Gasteiger partial charge on any atom is 0.407 e. The van der Waals surface area contributed by atoms with E-state index in [1.165, 1.54) is 25.3 Å². The van der Waals surface area contributed by atoms with Crippen molar-refractivity contribution < 1.29 is 46.2 Å². The molecule has 344 valence electrons. The molecule has 0 spiro atoms. The monoisotopic (exact) mass is 892 g/mol. The summed E-state index contributed by atoms with van der Waals surface area (Å²) >= 11 is 0. The van der Waals surface area contributed by atoms with Gasteiger partial charge in [0.2, 0.25) is 11.8 Å². The third kappa shape index (κ3) is 8.69. The van der Waals surface area contributed by atoms with E-state index < -0.39 is 98.0 Å². The fourth-order valence-corrected chi connectivity index (χ4v) is 10.4. The largest absolute Gasteiger partial charge is 0.453 e. The average Bonchev–Trinajstić information content (AvgIpc) is 4.09. The second-order valence-electron chi connectivity index (χ2n) is 18.5. The first kappa shape index (κ1) is 45.1. The highest BCUT2D eigenvalue weighted by molar-refractivity contribution is 6.05. The van der Waals surface area contributed by atoms with Crippen molar-refractivity contribution in [3.8, 4) is 22.4 Å². The van der Waals surface area contributed by atoms with Gasteiger partial charge in [-0.05, 0) is 77.2 Å². The molecule has 64 heavy (non-hydrogen) atoms. The Hall–Kier alpha value is -5.52. The number of aliphatic imine (C=N–C) groups is 1. The van der Waals surface area contributed by atoms with E-state index in [0.717, 1.165) is 63.4 Å². The summed E-state index contributed by atoms with van der Waals surface area (Å²) in [7, 11) is 2.35. The Morgan fingerprint density at radius 2 is 1.25 bits per heavy atom. The molecule has 2 saturated heterocycles. The number of carbonyl (C=O) groups is 4. The molecule has 3 aliphatic carbocycles. The van der Waals surface area contributed by atoms with Crippen molar-refractivity contribution >= 4 is 29.7 Å². The molecular weight excluding hydrogens is 837 g/mol. The van der Waals surface area contributed by atoms with Crippen molar-refractivity contribution in [1.29, 1.82) is 0 Å². The number of alkyl carbamates (subject to hydrolysis) is 2. The average molecular weight is 893 g/mol. The summed E-state index contributed by atoms with van der Waals surface area (Å²) in [5, 5.41) is 8.34. The van der Waals surface area contributed by atoms with Gasteiger partial charge in [-0.3, -0.25) is 19.9 Å². The fourth-order valence-electron chi connectivity index (χ4n) is 10.4. The van der Waals surface area contributed by atoms with Gasteiger partial charge in [0.25, 0.3) is 11.8 Å². The van der Waals surface area contributed by atoms with E-state index in [1.54, 1.807) is 33.9 Å². The van der Waals surface area contributed by atoms with Crippen LogP contribution in [0.4, 0.5) is 27.2 Å². The number of benzene rings is 2. The summed E-state index contributed by atoms with van der Waals surface area (Å²) in [6.45, 7) is 5.66. The van der Waals surface area contributed by atoms with Gasteiger partial charge in [-0.15, -0.1) is 0 Å². The van der Waals surface area contributed by atoms with E-state index in [0.29, 0.717) is 24.1 Å². The third-order valence-corrected chi connectivity index (χ3v) is 13.6. The molecule has 4 amide bonds. The van der Waals surface area contributed by atoms with Gasteiger partial charge in [0.05, 0.1) is 57.0 Å². The summed E-state index contributed by atoms with van der Waals surface area (Å²) in [5.74, 6) is -7.43. The van der Waals surface area contributed by atoms with E-state index in [1.807, 2.05) is 24.3 Å². The number of imidazole rings is 1. The topological polar surface area (TPSA) is 170 Å². The maximum atomic E-state index is 15.1. The first-order valence-corrected chi connectivity index (χ1v) is 22.1. The highest BCUT2D eigenvalue weighted by Gasteiger charge is 2.53. The molecular formula is C46H56F4N8O6. The molecule has 0 radical (unpaired) electrons. The van der Waals surface area contributed by atoms with Crippen molar-refractivity contribution in [2.75, 3.05) is 33.9 Å². The predicted octanol–water partition coefficient (Wildman–Crippen LogP) is 7.12. The van der Waals surface area contributed by atoms with E-state index in [9.17, 15) is 28.0 Å². The standard InChI is InChI=1S/C46H56F4N8O6/c1-23(2)37(55-43(61)63-5)41(59)57-21-45(47,48)17-33(57)39-51-19-31(53-39)26-9-7-25(8-10-26)29-15-16-30(36-28-13-11-27(12-14-28)35(29)36)32-20-52-40(54-32)34-18-46(49,50)22-58(34)42(60)38(24(3)4)56-44(62)64-6/h7-10,15-16,19,23-24,27-28,33-34,37-38,40,52H,11-14,17-18,20-22H2,1-6H3,(H,51,53)(H,55,61)(H,56,62). The Morgan fingerprint density at radius 3 is 1.83 bits per heavy atom. The smallest absolute Gasteiger partial charge is 0.407 e. The molecule has 6 aliphatic rings. The van der Waals surface area contributed by atoms with Crippen molar-refractivity contribution in [3.05, 3.63) is 65.1 Å². The van der Waals surface area contributed by atoms with Crippen LogP contribution in [0.1, 0.15) is 107 Å². The number of nitrogens with one attached hydrogen (secondary N) is 4. The minimum Gasteiger partial charge on any atom is -0.453 e. The van der Waals surface area contributed by atoms with Crippen LogP contribution < -0.4 is 16.0 Å². The number of aromatic amines is 1. The number of hydrogen-bond donors (Lipinski definition) is 4. The molecule has 5 unspecified atom stereocenters. The summed E-state index contributed by atoms with van der Waals surface area (Å²) in [6, 6.07) is 8.02. The van der Waals surface area contributed by atoms with Gasteiger partial charge < -0.3 is 34.9 Å². The minimum atomic E-state index is -3.16. The molecule has 3 fully saturated rings. The zero-order chi connectivity index (χ0) is 45.8. The fraction of sp³-hybridized carbons (Fsp3) is 0.565. The van der Waals surface area contributed by atoms with Crippen LogP contribution in [0.25, 0.3) is 22.4 Å². The molecule has 5 atom stereocenters. The van der Waals surface area contributed by atoms with Crippen molar-refractivity contribution in [2.24, 2.45) is 16.8 Å². The number of rotatable bonds is 11. The van der Waals surface area contributed by atoms with Gasteiger partial charge in [0.15, 0.2) is 0 Å². The number of nitrogens with zero attached hydrogens (tertiary/aromatic N) is 4. The quantitative estimate of drug-likeness (QED) is 0.148. The Morgan fingerprint density at radius 1 is 0.734 bits per heavy atom. The summed E-state index contributed by atoms with van der Waals surface area (Å²) < 4.78 is 69.5. The lowest BCUT2D eigenvalue weighted by atomic mass is 9.63. The number of methoxy groups -OCH3 is 2. The number of hydrogen-bond acceptors (Lipinski definition) is 9. The van der Waals surface area contributed by atoms with Crippen LogP contribution in [-0.2, 0) is 19.1 Å². The van der Waals surface area contributed by atoms with Crippen molar-refractivity contribution in [1.82, 2.24) is 35.7 Å². The maximum absolute atomic E-state index is 15.1. The van der Waals surface area contributed by atoms with Crippen molar-refractivity contribution in [2.45, 2.75) is 120 Å². The van der Waals surface area contributed by atoms with Crippen LogP contribution in [0.3, 0.4) is 0 Å². The molecule has 3 aliphatic heterocycles. The number of aromatic nitrogens is 2. The Balaban J connectivity index is 1.04. The molecule has 4 N–H and O–H groups in total. The van der Waals surface area contributed by atoms with Crippen LogP contribution in [0.15, 0.2) is 47.6 Å². The van der Waals surface area contributed by atoms with Crippen LogP contribution in [0.2, 0.25) is 0 Å². The minimum absolute atomic E-state index is 0.216. The molecule has 1 aromatic heterocycles. The zero-order valence-corrected chi connectivity index (χ0v) is 36.9. The van der Waals surface area contributed by atoms with Crippen molar-refractivity contribution in [3.63, 3.8) is 0 Å². The van der Waals surface area contributed by atoms with Crippen LogP contribution in [0.5, 0.6) is 0 Å². The number of likely N-dealkylation sites (tertiary alicyclic amines) is 2. The van der Waals surface area contributed by atoms with Crippen LogP contribution in [-0.4, -0.2) is 119 Å². The van der Waals surface area contributed by atoms with Gasteiger partial charge >= 0.3 is 12.2 Å². The van der Waals surface area contributed by atoms with Gasteiger partial charge in [0.1, 0.15) is 24.1 Å². The highest BCUT2D eigenvalue weighted by atomic mass is 19.3. The summed E-state index contributed by atoms with van der Waals surface area (Å²) in [6.07, 6.45) is 2.16. The summed E-state index contributed by atoms with van der Waals surface area (Å²) in [5.41, 5.74) is 7.73. The van der Waals surface area contributed by atoms with E-state index in [4.69, 9.17) is 9.73 Å². The second-order valence-corrected chi connectivity index (χ2v) is 18.5. The molecule has 2 aromatic carbocycles. The number of halogens is 4. The highest BCUT2D eigenvalue weighted by Crippen LogP contribution is 2.54. The summed E-state index contributed by atoms with van der Waals surface area (Å²) in [4.78, 5) is 66.4. The van der Waals surface area contributed by atoms with Gasteiger partial charge in [-0.2, -0.15) is 0 Å². The Bertz CT molecular complexity index is 2310. The molecule has 3 aromatic rings. The number of H-pyrrole nitrogens is 1. The molecule has 14 nitrogen and oxygen atoms in total. The lowest BCUT2D eigenvalue weighted by Gasteiger charge is -2.41. The molecule has 18 heteroatoms. The molecule has 4 heterocycles.